The van der Waals surface area contributed by atoms with E-state index < -0.39 is 0 Å². The summed E-state index contributed by atoms with van der Waals surface area (Å²) < 4.78 is 6.92. The Bertz CT molecular complexity index is 584. The van der Waals surface area contributed by atoms with E-state index in [1.807, 2.05) is 38.4 Å². The maximum Gasteiger partial charge on any atom is 0.137 e. The van der Waals surface area contributed by atoms with E-state index in [1.54, 1.807) is 0 Å². The van der Waals surface area contributed by atoms with Crippen LogP contribution in [0.15, 0.2) is 41.1 Å². The monoisotopic (exact) mass is 334 g/mol. The molecule has 0 aliphatic heterocycles. The summed E-state index contributed by atoms with van der Waals surface area (Å²) in [6, 6.07) is 8.22. The molecule has 20 heavy (non-hydrogen) atoms. The lowest BCUT2D eigenvalue weighted by Crippen LogP contribution is -2.18. The van der Waals surface area contributed by atoms with Crippen LogP contribution in [0.25, 0.3) is 0 Å². The number of benzene rings is 1. The van der Waals surface area contributed by atoms with E-state index in [0.717, 1.165) is 33.3 Å². The van der Waals surface area contributed by atoms with Gasteiger partial charge in [-0.1, -0.05) is 12.1 Å². The van der Waals surface area contributed by atoms with Crippen LogP contribution < -0.4 is 10.5 Å². The van der Waals surface area contributed by atoms with Crippen LogP contribution in [0.4, 0.5) is 0 Å². The number of nitrogens with zero attached hydrogens (tertiary/aromatic N) is 1. The summed E-state index contributed by atoms with van der Waals surface area (Å²) in [6.45, 7) is 4.52. The summed E-state index contributed by atoms with van der Waals surface area (Å²) in [5.41, 5.74) is 9.21. The van der Waals surface area contributed by atoms with Gasteiger partial charge in [0.15, 0.2) is 0 Å². The van der Waals surface area contributed by atoms with Gasteiger partial charge in [0.1, 0.15) is 12.4 Å². The summed E-state index contributed by atoms with van der Waals surface area (Å²) in [6.07, 6.45) is 4.46. The molecule has 2 rings (SSSR count). The minimum Gasteiger partial charge on any atom is -0.487 e. The fraction of sp³-hybridized carbons (Fsp3) is 0.312. The molecule has 1 heterocycles. The number of nitrogens with two attached hydrogens (primary N) is 1. The van der Waals surface area contributed by atoms with Crippen molar-refractivity contribution in [2.75, 3.05) is 0 Å². The molecule has 1 aromatic carbocycles. The van der Waals surface area contributed by atoms with Crippen molar-refractivity contribution in [2.24, 2.45) is 5.73 Å². The number of hydrogen-bond acceptors (Lipinski definition) is 3. The summed E-state index contributed by atoms with van der Waals surface area (Å²) in [4.78, 5) is 4.18. The molecule has 4 heteroatoms. The normalized spacial score (nSPS) is 12.2. The van der Waals surface area contributed by atoms with Crippen molar-refractivity contribution in [3.8, 4) is 5.75 Å². The van der Waals surface area contributed by atoms with Crippen molar-refractivity contribution in [3.63, 3.8) is 0 Å². The molecule has 0 saturated carbocycles. The Morgan fingerprint density at radius 3 is 2.85 bits per heavy atom. The molecule has 0 bridgehead atoms. The summed E-state index contributed by atoms with van der Waals surface area (Å²) in [7, 11) is 0. The van der Waals surface area contributed by atoms with Gasteiger partial charge in [-0.3, -0.25) is 4.98 Å². The lowest BCUT2D eigenvalue weighted by atomic mass is 10.1. The van der Waals surface area contributed by atoms with Gasteiger partial charge in [0, 0.05) is 24.0 Å². The van der Waals surface area contributed by atoms with Crippen molar-refractivity contribution in [1.82, 2.24) is 4.98 Å². The topological polar surface area (TPSA) is 48.1 Å². The third-order valence-electron chi connectivity index (χ3n) is 2.91. The molecule has 0 fully saturated rings. The third-order valence-corrected chi connectivity index (χ3v) is 3.53. The highest BCUT2D eigenvalue weighted by Gasteiger charge is 2.10. The van der Waals surface area contributed by atoms with Crippen LogP contribution in [-0.2, 0) is 13.0 Å². The van der Waals surface area contributed by atoms with Crippen LogP contribution in [0.1, 0.15) is 23.6 Å². The molecule has 0 aliphatic carbocycles. The van der Waals surface area contributed by atoms with Crippen LogP contribution in [0.2, 0.25) is 0 Å². The second-order valence-electron chi connectivity index (χ2n) is 5.07. The molecule has 2 N–H and O–H groups in total. The molecular formula is C16H19BrN2O. The first-order valence-electron chi connectivity index (χ1n) is 6.62. The minimum absolute atomic E-state index is 0.104. The number of halogens is 1. The van der Waals surface area contributed by atoms with Crippen molar-refractivity contribution >= 4 is 15.9 Å². The molecule has 106 valence electrons. The van der Waals surface area contributed by atoms with Crippen molar-refractivity contribution in [1.29, 1.82) is 0 Å². The molecule has 2 aromatic rings. The smallest absolute Gasteiger partial charge is 0.137 e. The van der Waals surface area contributed by atoms with Crippen LogP contribution >= 0.6 is 15.9 Å². The van der Waals surface area contributed by atoms with Gasteiger partial charge in [0.2, 0.25) is 0 Å². The SMILES string of the molecule is Cc1cncc(COc2c(Br)cccc2CC(C)N)c1. The molecule has 0 aliphatic rings. The first-order valence-corrected chi connectivity index (χ1v) is 7.42. The Balaban J connectivity index is 2.16. The summed E-state index contributed by atoms with van der Waals surface area (Å²) in [5.74, 6) is 0.867. The number of aromatic nitrogens is 1. The van der Waals surface area contributed by atoms with Crippen LogP contribution in [0.3, 0.4) is 0 Å². The first-order chi connectivity index (χ1) is 9.56. The number of aryl methyl sites for hydroxylation is 1. The van der Waals surface area contributed by atoms with Gasteiger partial charge in [-0.2, -0.15) is 0 Å². The zero-order chi connectivity index (χ0) is 14.5. The molecule has 1 aromatic heterocycles. The zero-order valence-electron chi connectivity index (χ0n) is 11.8. The fourth-order valence-electron chi connectivity index (χ4n) is 2.07. The van der Waals surface area contributed by atoms with E-state index >= 15 is 0 Å². The van der Waals surface area contributed by atoms with Gasteiger partial charge in [-0.05, 0) is 59.5 Å². The van der Waals surface area contributed by atoms with Gasteiger partial charge >= 0.3 is 0 Å². The molecule has 1 unspecified atom stereocenters. The Morgan fingerprint density at radius 1 is 1.35 bits per heavy atom. The Kier molecular flexibility index (Phi) is 5.15. The van der Waals surface area contributed by atoms with Gasteiger partial charge in [-0.25, -0.2) is 0 Å². The van der Waals surface area contributed by atoms with E-state index in [-0.39, 0.29) is 6.04 Å². The maximum absolute atomic E-state index is 5.97. The fourth-order valence-corrected chi connectivity index (χ4v) is 2.60. The van der Waals surface area contributed by atoms with Crippen molar-refractivity contribution < 1.29 is 4.74 Å². The number of rotatable bonds is 5. The molecular weight excluding hydrogens is 316 g/mol. The number of hydrogen-bond donors (Lipinski definition) is 1. The standard InChI is InChI=1S/C16H19BrN2O/c1-11-6-13(9-19-8-11)10-20-16-14(7-12(2)18)4-3-5-15(16)17/h3-6,8-9,12H,7,10,18H2,1-2H3. The highest BCUT2D eigenvalue weighted by Crippen LogP contribution is 2.30. The predicted molar refractivity (Wildman–Crippen MR) is 84.8 cm³/mol. The molecule has 0 saturated heterocycles. The zero-order valence-corrected chi connectivity index (χ0v) is 13.4. The summed E-state index contributed by atoms with van der Waals surface area (Å²) >= 11 is 3.54. The Hall–Kier alpha value is -1.39. The van der Waals surface area contributed by atoms with Gasteiger partial charge in [0.05, 0.1) is 4.47 Å². The van der Waals surface area contributed by atoms with Gasteiger partial charge in [-0.15, -0.1) is 0 Å². The van der Waals surface area contributed by atoms with E-state index in [0.29, 0.717) is 6.61 Å². The Labute approximate surface area is 128 Å². The molecule has 0 spiro atoms. The quantitative estimate of drug-likeness (QED) is 0.908. The van der Waals surface area contributed by atoms with Crippen molar-refractivity contribution in [3.05, 3.63) is 57.8 Å². The largest absolute Gasteiger partial charge is 0.487 e. The highest BCUT2D eigenvalue weighted by atomic mass is 79.9. The minimum atomic E-state index is 0.104. The number of para-hydroxylation sites is 1. The van der Waals surface area contributed by atoms with E-state index in [4.69, 9.17) is 10.5 Å². The summed E-state index contributed by atoms with van der Waals surface area (Å²) in [5, 5.41) is 0. The molecule has 0 radical (unpaired) electrons. The van der Waals surface area contributed by atoms with E-state index in [1.165, 1.54) is 0 Å². The van der Waals surface area contributed by atoms with Crippen molar-refractivity contribution in [2.45, 2.75) is 32.9 Å². The average Bonchev–Trinajstić information content (AvgIpc) is 2.37. The third kappa shape index (κ3) is 4.05. The van der Waals surface area contributed by atoms with Gasteiger partial charge < -0.3 is 10.5 Å². The highest BCUT2D eigenvalue weighted by molar-refractivity contribution is 9.10. The maximum atomic E-state index is 5.97. The van der Waals surface area contributed by atoms with Gasteiger partial charge in [0.25, 0.3) is 0 Å². The molecule has 3 nitrogen and oxygen atoms in total. The lowest BCUT2D eigenvalue weighted by molar-refractivity contribution is 0.300. The van der Waals surface area contributed by atoms with Crippen LogP contribution in [0, 0.1) is 6.92 Å². The molecule has 0 amide bonds. The Morgan fingerprint density at radius 2 is 2.15 bits per heavy atom. The first kappa shape index (κ1) is 15.0. The lowest BCUT2D eigenvalue weighted by Gasteiger charge is -2.15. The predicted octanol–water partition coefficient (Wildman–Crippen LogP) is 3.62. The van der Waals surface area contributed by atoms with Crippen LogP contribution in [-0.4, -0.2) is 11.0 Å². The number of pyridine rings is 1. The second-order valence-corrected chi connectivity index (χ2v) is 5.92. The van der Waals surface area contributed by atoms with Crippen LogP contribution in [0.5, 0.6) is 5.75 Å². The number of ether oxygens (including phenoxy) is 1. The average molecular weight is 335 g/mol. The van der Waals surface area contributed by atoms with E-state index in [9.17, 15) is 0 Å². The van der Waals surface area contributed by atoms with E-state index in [2.05, 4.69) is 33.0 Å². The molecule has 1 atom stereocenters. The second kappa shape index (κ2) is 6.86.